The van der Waals surface area contributed by atoms with Gasteiger partial charge in [-0.15, -0.1) is 0 Å². The number of phenolic OH excluding ortho intramolecular Hbond substituents is 1. The maximum atomic E-state index is 9.22. The van der Waals surface area contributed by atoms with Gasteiger partial charge in [0, 0.05) is 5.56 Å². The molecule has 0 radical (unpaired) electrons. The summed E-state index contributed by atoms with van der Waals surface area (Å²) in [6.07, 6.45) is 1.42. The first kappa shape index (κ1) is 7.60. The van der Waals surface area contributed by atoms with Crippen molar-refractivity contribution in [3.05, 3.63) is 29.3 Å². The molecule has 0 bridgehead atoms. The highest BCUT2D eigenvalue weighted by Crippen LogP contribution is 2.15. The zero-order chi connectivity index (χ0) is 8.27. The summed E-state index contributed by atoms with van der Waals surface area (Å²) in [6, 6.07) is 5.25. The molecule has 0 heterocycles. The molecule has 0 aromatic heterocycles. The predicted molar refractivity (Wildman–Crippen MR) is 44.6 cm³/mol. The molecule has 0 spiro atoms. The number of hydrogen-bond donors (Lipinski definition) is 2. The molecular weight excluding hydrogens is 140 g/mol. The lowest BCUT2D eigenvalue weighted by Crippen LogP contribution is -1.87. The molecule has 11 heavy (non-hydrogen) atoms. The molecule has 58 valence electrons. The Morgan fingerprint density at radius 1 is 1.55 bits per heavy atom. The van der Waals surface area contributed by atoms with Crippen molar-refractivity contribution in [2.45, 2.75) is 6.92 Å². The lowest BCUT2D eigenvalue weighted by atomic mass is 10.1. The van der Waals surface area contributed by atoms with E-state index in [4.69, 9.17) is 5.84 Å². The summed E-state index contributed by atoms with van der Waals surface area (Å²) < 4.78 is 0. The van der Waals surface area contributed by atoms with E-state index in [1.54, 1.807) is 6.07 Å². The van der Waals surface area contributed by atoms with Crippen LogP contribution in [0, 0.1) is 6.92 Å². The second kappa shape index (κ2) is 3.05. The maximum Gasteiger partial charge on any atom is 0.124 e. The van der Waals surface area contributed by atoms with E-state index in [1.807, 2.05) is 19.1 Å². The van der Waals surface area contributed by atoms with Crippen LogP contribution >= 0.6 is 0 Å². The summed E-state index contributed by atoms with van der Waals surface area (Å²) in [5.74, 6) is 5.14. The average molecular weight is 150 g/mol. The Hall–Kier alpha value is -1.51. The zero-order valence-corrected chi connectivity index (χ0v) is 6.28. The smallest absolute Gasteiger partial charge is 0.124 e. The molecule has 1 rings (SSSR count). The summed E-state index contributed by atoms with van der Waals surface area (Å²) in [5.41, 5.74) is 1.71. The molecule has 0 fully saturated rings. The van der Waals surface area contributed by atoms with Gasteiger partial charge >= 0.3 is 0 Å². The summed E-state index contributed by atoms with van der Waals surface area (Å²) in [5, 5.41) is 12.5. The maximum absolute atomic E-state index is 9.22. The van der Waals surface area contributed by atoms with Crippen LogP contribution in [0.4, 0.5) is 0 Å². The van der Waals surface area contributed by atoms with Gasteiger partial charge in [-0.2, -0.15) is 5.10 Å². The molecule has 1 aromatic carbocycles. The van der Waals surface area contributed by atoms with Crippen molar-refractivity contribution in [3.8, 4) is 5.75 Å². The van der Waals surface area contributed by atoms with E-state index in [1.165, 1.54) is 6.21 Å². The third kappa shape index (κ3) is 1.70. The summed E-state index contributed by atoms with van der Waals surface area (Å²) >= 11 is 0. The SMILES string of the molecule is Cc1ccc(O)c(/C=N/N)c1. The first-order valence-corrected chi connectivity index (χ1v) is 3.27. The van der Waals surface area contributed by atoms with Crippen LogP contribution < -0.4 is 5.84 Å². The number of aromatic hydroxyl groups is 1. The molecule has 0 saturated heterocycles. The number of hydrogen-bond acceptors (Lipinski definition) is 3. The van der Waals surface area contributed by atoms with Crippen molar-refractivity contribution in [2.75, 3.05) is 0 Å². The monoisotopic (exact) mass is 150 g/mol. The fourth-order valence-electron chi connectivity index (χ4n) is 0.858. The van der Waals surface area contributed by atoms with Crippen LogP contribution in [-0.2, 0) is 0 Å². The molecule has 1 aromatic rings. The normalized spacial score (nSPS) is 10.6. The van der Waals surface area contributed by atoms with Crippen LogP contribution in [-0.4, -0.2) is 11.3 Å². The lowest BCUT2D eigenvalue weighted by Gasteiger charge is -1.98. The van der Waals surface area contributed by atoms with Gasteiger partial charge in [-0.1, -0.05) is 11.6 Å². The van der Waals surface area contributed by atoms with Gasteiger partial charge in [0.25, 0.3) is 0 Å². The van der Waals surface area contributed by atoms with Crippen molar-refractivity contribution in [1.82, 2.24) is 0 Å². The van der Waals surface area contributed by atoms with Crippen LogP contribution in [0.5, 0.6) is 5.75 Å². The van der Waals surface area contributed by atoms with E-state index < -0.39 is 0 Å². The Morgan fingerprint density at radius 3 is 2.91 bits per heavy atom. The van der Waals surface area contributed by atoms with E-state index >= 15 is 0 Å². The Balaban J connectivity index is 3.12. The van der Waals surface area contributed by atoms with Crippen LogP contribution in [0.3, 0.4) is 0 Å². The minimum absolute atomic E-state index is 0.199. The number of nitrogens with two attached hydrogens (primary N) is 1. The van der Waals surface area contributed by atoms with E-state index in [2.05, 4.69) is 5.10 Å². The Morgan fingerprint density at radius 2 is 2.27 bits per heavy atom. The standard InChI is InChI=1S/C8H10N2O/c1-6-2-3-8(11)7(4-6)5-10-9/h2-5,11H,9H2,1H3/b10-5+. The van der Waals surface area contributed by atoms with Gasteiger partial charge in [0.05, 0.1) is 6.21 Å². The molecule has 0 atom stereocenters. The van der Waals surface area contributed by atoms with E-state index in [0.717, 1.165) is 5.56 Å². The van der Waals surface area contributed by atoms with E-state index in [-0.39, 0.29) is 5.75 Å². The molecule has 0 aliphatic carbocycles. The summed E-state index contributed by atoms with van der Waals surface area (Å²) in [4.78, 5) is 0. The van der Waals surface area contributed by atoms with Gasteiger partial charge in [0.2, 0.25) is 0 Å². The Kier molecular flexibility index (Phi) is 2.11. The van der Waals surface area contributed by atoms with Crippen molar-refractivity contribution < 1.29 is 5.11 Å². The molecule has 0 aliphatic rings. The van der Waals surface area contributed by atoms with Gasteiger partial charge in [0.15, 0.2) is 0 Å². The highest BCUT2D eigenvalue weighted by Gasteiger charge is 1.96. The zero-order valence-electron chi connectivity index (χ0n) is 6.28. The van der Waals surface area contributed by atoms with Crippen molar-refractivity contribution in [1.29, 1.82) is 0 Å². The van der Waals surface area contributed by atoms with Gasteiger partial charge in [-0.3, -0.25) is 0 Å². The Bertz CT molecular complexity index is 281. The first-order valence-electron chi connectivity index (χ1n) is 3.27. The lowest BCUT2D eigenvalue weighted by molar-refractivity contribution is 0.474. The third-order valence-corrected chi connectivity index (χ3v) is 1.40. The van der Waals surface area contributed by atoms with Crippen LogP contribution in [0.2, 0.25) is 0 Å². The molecule has 3 N–H and O–H groups in total. The van der Waals surface area contributed by atoms with Crippen LogP contribution in [0.1, 0.15) is 11.1 Å². The third-order valence-electron chi connectivity index (χ3n) is 1.40. The summed E-state index contributed by atoms with van der Waals surface area (Å²) in [6.45, 7) is 1.94. The quantitative estimate of drug-likeness (QED) is 0.356. The molecule has 0 aliphatic heterocycles. The average Bonchev–Trinajstić information content (AvgIpc) is 1.98. The number of phenols is 1. The van der Waals surface area contributed by atoms with Gasteiger partial charge in [-0.05, 0) is 19.1 Å². The second-order valence-corrected chi connectivity index (χ2v) is 2.34. The predicted octanol–water partition coefficient (Wildman–Crippen LogP) is 0.993. The van der Waals surface area contributed by atoms with Gasteiger partial charge in [0.1, 0.15) is 5.75 Å². The van der Waals surface area contributed by atoms with Crippen LogP contribution in [0.15, 0.2) is 23.3 Å². The van der Waals surface area contributed by atoms with Crippen LogP contribution in [0.25, 0.3) is 0 Å². The largest absolute Gasteiger partial charge is 0.507 e. The number of aryl methyl sites for hydroxylation is 1. The molecule has 3 nitrogen and oxygen atoms in total. The number of rotatable bonds is 1. The number of nitrogens with zero attached hydrogens (tertiary/aromatic N) is 1. The first-order chi connectivity index (χ1) is 5.24. The molecule has 3 heteroatoms. The van der Waals surface area contributed by atoms with Gasteiger partial charge in [-0.25, -0.2) is 0 Å². The second-order valence-electron chi connectivity index (χ2n) is 2.34. The van der Waals surface area contributed by atoms with Crippen molar-refractivity contribution in [2.24, 2.45) is 10.9 Å². The number of benzene rings is 1. The fraction of sp³-hybridized carbons (Fsp3) is 0.125. The molecule has 0 amide bonds. The summed E-state index contributed by atoms with van der Waals surface area (Å²) in [7, 11) is 0. The highest BCUT2D eigenvalue weighted by molar-refractivity contribution is 5.83. The topological polar surface area (TPSA) is 58.6 Å². The van der Waals surface area contributed by atoms with Crippen molar-refractivity contribution >= 4 is 6.21 Å². The van der Waals surface area contributed by atoms with E-state index in [9.17, 15) is 5.11 Å². The molecule has 0 unspecified atom stereocenters. The van der Waals surface area contributed by atoms with Gasteiger partial charge < -0.3 is 10.9 Å². The number of hydrazone groups is 1. The fourth-order valence-corrected chi connectivity index (χ4v) is 0.858. The Labute approximate surface area is 65.2 Å². The van der Waals surface area contributed by atoms with Crippen molar-refractivity contribution in [3.63, 3.8) is 0 Å². The minimum atomic E-state index is 0.199. The van der Waals surface area contributed by atoms with E-state index in [0.29, 0.717) is 5.56 Å². The minimum Gasteiger partial charge on any atom is -0.507 e. The highest BCUT2D eigenvalue weighted by atomic mass is 16.3. The molecule has 0 saturated carbocycles. The molecular formula is C8H10N2O.